The second-order valence-corrected chi connectivity index (χ2v) is 6.78. The molecule has 0 aliphatic heterocycles. The van der Waals surface area contributed by atoms with Gasteiger partial charge in [0.1, 0.15) is 0 Å². The van der Waals surface area contributed by atoms with E-state index in [1.165, 1.54) is 51.4 Å². The van der Waals surface area contributed by atoms with Crippen LogP contribution in [0.25, 0.3) is 0 Å². The third-order valence-electron chi connectivity index (χ3n) is 5.68. The predicted octanol–water partition coefficient (Wildman–Crippen LogP) is 4.37. The van der Waals surface area contributed by atoms with E-state index in [0.717, 1.165) is 24.4 Å². The van der Waals surface area contributed by atoms with Gasteiger partial charge in [0.05, 0.1) is 0 Å². The van der Waals surface area contributed by atoms with Crippen molar-refractivity contribution in [2.45, 2.75) is 78.2 Å². The van der Waals surface area contributed by atoms with Crippen LogP contribution in [0.15, 0.2) is 0 Å². The Morgan fingerprint density at radius 1 is 1.06 bits per heavy atom. The van der Waals surface area contributed by atoms with Crippen LogP contribution in [-0.2, 0) is 0 Å². The maximum absolute atomic E-state index is 3.66. The molecule has 1 N–H and O–H groups in total. The van der Waals surface area contributed by atoms with Gasteiger partial charge in [-0.2, -0.15) is 0 Å². The smallest absolute Gasteiger partial charge is 0.00724 e. The van der Waals surface area contributed by atoms with Gasteiger partial charge in [-0.05, 0) is 55.9 Å². The summed E-state index contributed by atoms with van der Waals surface area (Å²) in [6.45, 7) is 8.32. The summed E-state index contributed by atoms with van der Waals surface area (Å²) in [5, 5.41) is 3.66. The molecule has 0 aromatic rings. The largest absolute Gasteiger partial charge is 0.314 e. The average Bonchev–Trinajstić information content (AvgIpc) is 2.73. The molecule has 1 heteroatoms. The van der Waals surface area contributed by atoms with E-state index >= 15 is 0 Å². The summed E-state index contributed by atoms with van der Waals surface area (Å²) in [6.07, 6.45) is 11.7. The molecule has 2 rings (SSSR count). The fraction of sp³-hybridized carbons (Fsp3) is 1.00. The van der Waals surface area contributed by atoms with Crippen molar-refractivity contribution < 1.29 is 0 Å². The summed E-state index contributed by atoms with van der Waals surface area (Å²) in [5.74, 6) is 2.06. The van der Waals surface area contributed by atoms with E-state index in [4.69, 9.17) is 0 Å². The zero-order chi connectivity index (χ0) is 12.3. The third kappa shape index (κ3) is 3.05. The number of nitrogens with one attached hydrogen (secondary N) is 1. The van der Waals surface area contributed by atoms with E-state index in [9.17, 15) is 0 Å². The zero-order valence-corrected chi connectivity index (χ0v) is 12.1. The lowest BCUT2D eigenvalue weighted by Gasteiger charge is -2.39. The Balaban J connectivity index is 1.85. The Morgan fingerprint density at radius 3 is 2.35 bits per heavy atom. The molecular formula is C16H31N. The molecule has 2 saturated carbocycles. The molecule has 17 heavy (non-hydrogen) atoms. The van der Waals surface area contributed by atoms with E-state index in [2.05, 4.69) is 26.1 Å². The van der Waals surface area contributed by atoms with Gasteiger partial charge in [0.15, 0.2) is 0 Å². The van der Waals surface area contributed by atoms with Gasteiger partial charge in [0, 0.05) is 6.04 Å². The molecule has 2 aliphatic rings. The van der Waals surface area contributed by atoms with E-state index in [0.29, 0.717) is 5.41 Å². The van der Waals surface area contributed by atoms with Crippen LogP contribution in [0.4, 0.5) is 0 Å². The van der Waals surface area contributed by atoms with Crippen LogP contribution in [0.3, 0.4) is 0 Å². The van der Waals surface area contributed by atoms with Crippen LogP contribution in [0.1, 0.15) is 72.1 Å². The van der Waals surface area contributed by atoms with Gasteiger partial charge in [-0.25, -0.2) is 0 Å². The molecule has 1 nitrogen and oxygen atoms in total. The molecule has 0 saturated heterocycles. The Hall–Kier alpha value is -0.0400. The first kappa shape index (κ1) is 13.4. The van der Waals surface area contributed by atoms with E-state index in [1.54, 1.807) is 0 Å². The Kier molecular flexibility index (Phi) is 4.52. The van der Waals surface area contributed by atoms with Crippen LogP contribution >= 0.6 is 0 Å². The highest BCUT2D eigenvalue weighted by Gasteiger charge is 2.41. The van der Waals surface area contributed by atoms with Crippen LogP contribution in [0, 0.1) is 17.3 Å². The Labute approximate surface area is 108 Å². The minimum atomic E-state index is 0.658. The Morgan fingerprint density at radius 2 is 1.76 bits per heavy atom. The summed E-state index contributed by atoms with van der Waals surface area (Å²) in [5.41, 5.74) is 0.658. The molecule has 0 bridgehead atoms. The maximum atomic E-state index is 3.66. The lowest BCUT2D eigenvalue weighted by molar-refractivity contribution is 0.117. The van der Waals surface area contributed by atoms with Crippen LogP contribution in [0.2, 0.25) is 0 Å². The van der Waals surface area contributed by atoms with Crippen molar-refractivity contribution in [2.24, 2.45) is 17.3 Å². The average molecular weight is 237 g/mol. The lowest BCUT2D eigenvalue weighted by atomic mass is 9.66. The van der Waals surface area contributed by atoms with Gasteiger partial charge in [0.25, 0.3) is 0 Å². The normalized spacial score (nSPS) is 42.9. The summed E-state index contributed by atoms with van der Waals surface area (Å²) >= 11 is 0. The van der Waals surface area contributed by atoms with E-state index < -0.39 is 0 Å². The highest BCUT2D eigenvalue weighted by molar-refractivity contribution is 4.95. The first-order valence-electron chi connectivity index (χ1n) is 7.91. The Bertz CT molecular complexity index is 230. The second-order valence-electron chi connectivity index (χ2n) is 6.78. The molecule has 0 aromatic carbocycles. The number of rotatable bonds is 4. The molecular weight excluding hydrogens is 206 g/mol. The van der Waals surface area contributed by atoms with Crippen molar-refractivity contribution in [2.75, 3.05) is 6.54 Å². The molecule has 0 radical (unpaired) electrons. The fourth-order valence-electron chi connectivity index (χ4n) is 4.37. The molecule has 2 unspecified atom stereocenters. The van der Waals surface area contributed by atoms with Gasteiger partial charge >= 0.3 is 0 Å². The van der Waals surface area contributed by atoms with Crippen LogP contribution in [0.5, 0.6) is 0 Å². The lowest BCUT2D eigenvalue weighted by Crippen LogP contribution is -2.32. The molecule has 0 aromatic heterocycles. The minimum Gasteiger partial charge on any atom is -0.314 e. The molecule has 100 valence electrons. The predicted molar refractivity (Wildman–Crippen MR) is 75.2 cm³/mol. The van der Waals surface area contributed by atoms with Crippen molar-refractivity contribution in [1.29, 1.82) is 0 Å². The number of hydrogen-bond acceptors (Lipinski definition) is 1. The summed E-state index contributed by atoms with van der Waals surface area (Å²) in [6, 6.07) is 0.814. The maximum Gasteiger partial charge on any atom is 0.00724 e. The summed E-state index contributed by atoms with van der Waals surface area (Å²) < 4.78 is 0. The second kappa shape index (κ2) is 5.73. The highest BCUT2D eigenvalue weighted by Crippen LogP contribution is 2.50. The SMILES string of the molecule is CCNC1CCC(C)(C2CCC(CC)CC2)C1. The van der Waals surface area contributed by atoms with Crippen molar-refractivity contribution >= 4 is 0 Å². The van der Waals surface area contributed by atoms with Crippen molar-refractivity contribution in [3.63, 3.8) is 0 Å². The molecule has 2 atom stereocenters. The van der Waals surface area contributed by atoms with Gasteiger partial charge in [0.2, 0.25) is 0 Å². The van der Waals surface area contributed by atoms with E-state index in [-0.39, 0.29) is 0 Å². The fourth-order valence-corrected chi connectivity index (χ4v) is 4.37. The van der Waals surface area contributed by atoms with Gasteiger partial charge in [-0.1, -0.05) is 40.0 Å². The van der Waals surface area contributed by atoms with Crippen molar-refractivity contribution in [1.82, 2.24) is 5.32 Å². The zero-order valence-electron chi connectivity index (χ0n) is 12.1. The van der Waals surface area contributed by atoms with Gasteiger partial charge in [-0.3, -0.25) is 0 Å². The first-order valence-corrected chi connectivity index (χ1v) is 7.91. The molecule has 2 aliphatic carbocycles. The third-order valence-corrected chi connectivity index (χ3v) is 5.68. The van der Waals surface area contributed by atoms with Crippen LogP contribution in [-0.4, -0.2) is 12.6 Å². The van der Waals surface area contributed by atoms with Gasteiger partial charge in [-0.15, -0.1) is 0 Å². The molecule has 0 heterocycles. The molecule has 0 spiro atoms. The van der Waals surface area contributed by atoms with Crippen molar-refractivity contribution in [3.8, 4) is 0 Å². The first-order chi connectivity index (χ1) is 8.18. The highest BCUT2D eigenvalue weighted by atomic mass is 14.9. The van der Waals surface area contributed by atoms with Gasteiger partial charge < -0.3 is 5.32 Å². The quantitative estimate of drug-likeness (QED) is 0.765. The van der Waals surface area contributed by atoms with E-state index in [1.807, 2.05) is 0 Å². The standard InChI is InChI=1S/C16H31N/c1-4-13-6-8-14(9-7-13)16(3)11-10-15(12-16)17-5-2/h13-15,17H,4-12H2,1-3H3. The molecule has 0 amide bonds. The summed E-state index contributed by atoms with van der Waals surface area (Å²) in [4.78, 5) is 0. The van der Waals surface area contributed by atoms with Crippen LogP contribution < -0.4 is 5.32 Å². The minimum absolute atomic E-state index is 0.658. The topological polar surface area (TPSA) is 12.0 Å². The monoisotopic (exact) mass is 237 g/mol. The number of hydrogen-bond donors (Lipinski definition) is 1. The molecule has 2 fully saturated rings. The van der Waals surface area contributed by atoms with Crippen molar-refractivity contribution in [3.05, 3.63) is 0 Å². The summed E-state index contributed by atoms with van der Waals surface area (Å²) in [7, 11) is 0.